The third kappa shape index (κ3) is 2.20. The molecule has 2 aliphatic carbocycles. The SMILES string of the molecule is Cc1cccc(C2CC(NCC3C(C)(C)C3(C)C)C2)c1. The van der Waals surface area contributed by atoms with Crippen LogP contribution in [0.1, 0.15) is 57.6 Å². The number of rotatable bonds is 4. The van der Waals surface area contributed by atoms with Gasteiger partial charge in [-0.25, -0.2) is 0 Å². The average Bonchev–Trinajstić information content (AvgIpc) is 2.69. The number of hydrogen-bond acceptors (Lipinski definition) is 1. The molecule has 0 bridgehead atoms. The van der Waals surface area contributed by atoms with E-state index in [4.69, 9.17) is 0 Å². The van der Waals surface area contributed by atoms with Gasteiger partial charge in [-0.05, 0) is 54.5 Å². The molecule has 2 aliphatic rings. The van der Waals surface area contributed by atoms with Crippen molar-refractivity contribution in [3.8, 4) is 0 Å². The van der Waals surface area contributed by atoms with Gasteiger partial charge in [0.2, 0.25) is 0 Å². The zero-order chi connectivity index (χ0) is 14.5. The summed E-state index contributed by atoms with van der Waals surface area (Å²) in [5.74, 6) is 1.63. The second-order valence-corrected chi connectivity index (χ2v) is 8.18. The van der Waals surface area contributed by atoms with E-state index in [-0.39, 0.29) is 0 Å². The fraction of sp³-hybridized carbons (Fsp3) is 0.684. The maximum absolute atomic E-state index is 3.81. The van der Waals surface area contributed by atoms with Crippen molar-refractivity contribution in [1.82, 2.24) is 5.32 Å². The molecule has 2 fully saturated rings. The van der Waals surface area contributed by atoms with E-state index >= 15 is 0 Å². The van der Waals surface area contributed by atoms with Crippen molar-refractivity contribution in [1.29, 1.82) is 0 Å². The molecule has 1 nitrogen and oxygen atoms in total. The summed E-state index contributed by atoms with van der Waals surface area (Å²) in [6, 6.07) is 9.78. The Morgan fingerprint density at radius 3 is 2.30 bits per heavy atom. The first-order valence-electron chi connectivity index (χ1n) is 8.12. The lowest BCUT2D eigenvalue weighted by Crippen LogP contribution is -2.41. The molecule has 0 spiro atoms. The van der Waals surface area contributed by atoms with Crippen molar-refractivity contribution < 1.29 is 0 Å². The molecule has 2 saturated carbocycles. The zero-order valence-electron chi connectivity index (χ0n) is 13.7. The number of benzene rings is 1. The largest absolute Gasteiger partial charge is 0.314 e. The number of nitrogens with one attached hydrogen (secondary N) is 1. The highest BCUT2D eigenvalue weighted by Crippen LogP contribution is 2.68. The standard InChI is InChI=1S/C19H29N/c1-13-7-6-8-14(9-13)15-10-16(11-15)20-12-17-18(2,3)19(17,4)5/h6-9,15-17,20H,10-12H2,1-5H3. The van der Waals surface area contributed by atoms with Gasteiger partial charge >= 0.3 is 0 Å². The molecule has 0 radical (unpaired) electrons. The van der Waals surface area contributed by atoms with E-state index in [1.54, 1.807) is 0 Å². The van der Waals surface area contributed by atoms with E-state index in [1.807, 2.05) is 0 Å². The third-order valence-electron chi connectivity index (χ3n) is 6.58. The Bertz CT molecular complexity index is 480. The van der Waals surface area contributed by atoms with Gasteiger partial charge in [0.05, 0.1) is 0 Å². The monoisotopic (exact) mass is 271 g/mol. The minimum absolute atomic E-state index is 0.514. The minimum atomic E-state index is 0.514. The van der Waals surface area contributed by atoms with Gasteiger partial charge < -0.3 is 5.32 Å². The van der Waals surface area contributed by atoms with E-state index in [0.29, 0.717) is 10.8 Å². The van der Waals surface area contributed by atoms with E-state index in [0.717, 1.165) is 17.9 Å². The molecule has 20 heavy (non-hydrogen) atoms. The fourth-order valence-corrected chi connectivity index (χ4v) is 4.11. The number of hydrogen-bond donors (Lipinski definition) is 1. The van der Waals surface area contributed by atoms with Crippen LogP contribution in [0.25, 0.3) is 0 Å². The molecule has 1 aromatic carbocycles. The topological polar surface area (TPSA) is 12.0 Å². The molecule has 110 valence electrons. The van der Waals surface area contributed by atoms with Crippen LogP contribution in [0, 0.1) is 23.7 Å². The summed E-state index contributed by atoms with van der Waals surface area (Å²) < 4.78 is 0. The third-order valence-corrected chi connectivity index (χ3v) is 6.58. The van der Waals surface area contributed by atoms with Gasteiger partial charge in [-0.3, -0.25) is 0 Å². The first kappa shape index (κ1) is 14.1. The molecule has 0 unspecified atom stereocenters. The van der Waals surface area contributed by atoms with Crippen LogP contribution in [0.4, 0.5) is 0 Å². The summed E-state index contributed by atoms with van der Waals surface area (Å²) in [6.07, 6.45) is 2.63. The van der Waals surface area contributed by atoms with E-state index in [1.165, 1.54) is 30.5 Å². The first-order valence-corrected chi connectivity index (χ1v) is 8.12. The molecule has 0 saturated heterocycles. The average molecular weight is 271 g/mol. The van der Waals surface area contributed by atoms with Crippen LogP contribution in [0.2, 0.25) is 0 Å². The van der Waals surface area contributed by atoms with Crippen molar-refractivity contribution in [3.05, 3.63) is 35.4 Å². The molecule has 1 aromatic rings. The molecule has 3 rings (SSSR count). The Hall–Kier alpha value is -0.820. The maximum atomic E-state index is 3.81. The summed E-state index contributed by atoms with van der Waals surface area (Å²) in [6.45, 7) is 13.0. The van der Waals surface area contributed by atoms with Gasteiger partial charge in [0.15, 0.2) is 0 Å². The van der Waals surface area contributed by atoms with Crippen LogP contribution in [-0.4, -0.2) is 12.6 Å². The van der Waals surface area contributed by atoms with Gasteiger partial charge in [0, 0.05) is 6.04 Å². The molecule has 0 aromatic heterocycles. The first-order chi connectivity index (χ1) is 9.32. The van der Waals surface area contributed by atoms with Crippen LogP contribution >= 0.6 is 0 Å². The Labute approximate surface area is 124 Å². The fourth-order valence-electron chi connectivity index (χ4n) is 4.11. The lowest BCUT2D eigenvalue weighted by Gasteiger charge is -2.37. The second kappa shape index (κ2) is 4.59. The quantitative estimate of drug-likeness (QED) is 0.849. The Morgan fingerprint density at radius 1 is 1.10 bits per heavy atom. The molecule has 1 N–H and O–H groups in total. The van der Waals surface area contributed by atoms with Crippen molar-refractivity contribution in [2.45, 2.75) is 59.4 Å². The minimum Gasteiger partial charge on any atom is -0.314 e. The lowest BCUT2D eigenvalue weighted by molar-refractivity contribution is 0.282. The van der Waals surface area contributed by atoms with Crippen molar-refractivity contribution in [2.75, 3.05) is 6.54 Å². The van der Waals surface area contributed by atoms with Gasteiger partial charge in [0.25, 0.3) is 0 Å². The van der Waals surface area contributed by atoms with Crippen molar-refractivity contribution >= 4 is 0 Å². The highest BCUT2D eigenvalue weighted by atomic mass is 15.0. The highest BCUT2D eigenvalue weighted by molar-refractivity contribution is 5.27. The Kier molecular flexibility index (Phi) is 3.25. The highest BCUT2D eigenvalue weighted by Gasteiger charge is 2.64. The van der Waals surface area contributed by atoms with E-state index < -0.39 is 0 Å². The van der Waals surface area contributed by atoms with E-state index in [2.05, 4.69) is 64.2 Å². The molecule has 0 aliphatic heterocycles. The summed E-state index contributed by atoms with van der Waals surface area (Å²) in [5.41, 5.74) is 3.95. The van der Waals surface area contributed by atoms with Gasteiger partial charge in [-0.15, -0.1) is 0 Å². The Balaban J connectivity index is 1.46. The molecule has 1 heteroatoms. The van der Waals surface area contributed by atoms with Crippen LogP contribution in [-0.2, 0) is 0 Å². The molecular weight excluding hydrogens is 242 g/mol. The molecule has 0 heterocycles. The molecule has 0 amide bonds. The van der Waals surface area contributed by atoms with Gasteiger partial charge in [0.1, 0.15) is 0 Å². The predicted molar refractivity (Wildman–Crippen MR) is 86.0 cm³/mol. The van der Waals surface area contributed by atoms with Crippen LogP contribution < -0.4 is 5.32 Å². The summed E-state index contributed by atoms with van der Waals surface area (Å²) in [7, 11) is 0. The lowest BCUT2D eigenvalue weighted by atomic mass is 9.75. The molecular formula is C19H29N. The van der Waals surface area contributed by atoms with Crippen LogP contribution in [0.3, 0.4) is 0 Å². The summed E-state index contributed by atoms with van der Waals surface area (Å²) in [4.78, 5) is 0. The second-order valence-electron chi connectivity index (χ2n) is 8.18. The number of aryl methyl sites for hydroxylation is 1. The van der Waals surface area contributed by atoms with Gasteiger partial charge in [-0.1, -0.05) is 57.5 Å². The molecule has 0 atom stereocenters. The zero-order valence-corrected chi connectivity index (χ0v) is 13.7. The Morgan fingerprint density at radius 2 is 1.75 bits per heavy atom. The smallest absolute Gasteiger partial charge is 0.00788 e. The summed E-state index contributed by atoms with van der Waals surface area (Å²) >= 11 is 0. The van der Waals surface area contributed by atoms with E-state index in [9.17, 15) is 0 Å². The van der Waals surface area contributed by atoms with Crippen molar-refractivity contribution in [3.63, 3.8) is 0 Å². The predicted octanol–water partition coefficient (Wildman–Crippen LogP) is 4.51. The van der Waals surface area contributed by atoms with Crippen molar-refractivity contribution in [2.24, 2.45) is 16.7 Å². The van der Waals surface area contributed by atoms with Crippen LogP contribution in [0.5, 0.6) is 0 Å². The summed E-state index contributed by atoms with van der Waals surface area (Å²) in [5, 5.41) is 3.81. The normalized spacial score (nSPS) is 30.9. The van der Waals surface area contributed by atoms with Gasteiger partial charge in [-0.2, -0.15) is 0 Å². The van der Waals surface area contributed by atoms with Crippen LogP contribution in [0.15, 0.2) is 24.3 Å². The maximum Gasteiger partial charge on any atom is 0.00788 e.